The summed E-state index contributed by atoms with van der Waals surface area (Å²) in [7, 11) is 0. The molecule has 127 heavy (non-hydrogen) atoms. The summed E-state index contributed by atoms with van der Waals surface area (Å²) >= 11 is 0. The Balaban J connectivity index is 0.00000150. The van der Waals surface area contributed by atoms with Gasteiger partial charge in [-0.2, -0.15) is 0 Å². The Bertz CT molecular complexity index is 2000. The van der Waals surface area contributed by atoms with E-state index in [-0.39, 0.29) is 56.6 Å². The van der Waals surface area contributed by atoms with Crippen molar-refractivity contribution in [2.24, 2.45) is 71.0 Å². The van der Waals surface area contributed by atoms with Crippen LogP contribution in [0.15, 0.2) is 0 Å². The van der Waals surface area contributed by atoms with E-state index in [2.05, 4.69) is 41.5 Å². The molecule has 6 saturated carbocycles. The van der Waals surface area contributed by atoms with Crippen LogP contribution < -0.4 is 30.6 Å². The molecule has 0 N–H and O–H groups in total. The summed E-state index contributed by atoms with van der Waals surface area (Å²) in [6, 6.07) is 0. The smallest absolute Gasteiger partial charge is 0.550 e. The van der Waals surface area contributed by atoms with Gasteiger partial charge < -0.3 is 59.4 Å². The molecule has 6 fully saturated rings. The van der Waals surface area contributed by atoms with Crippen LogP contribution in [0.5, 0.6) is 0 Å². The second kappa shape index (κ2) is 92.6. The van der Waals surface area contributed by atoms with Gasteiger partial charge in [-0.15, -0.1) is 0 Å². The zero-order valence-electron chi connectivity index (χ0n) is 84.9. The summed E-state index contributed by atoms with van der Waals surface area (Å²) in [5, 5.41) is 65.6. The number of carbonyl (C=O) groups excluding carboxylic acids is 6. The van der Waals surface area contributed by atoms with Gasteiger partial charge in [0.15, 0.2) is 0 Å². The molecule has 12 unspecified atom stereocenters. The van der Waals surface area contributed by atoms with Crippen molar-refractivity contribution in [2.75, 3.05) is 0 Å². The topological polar surface area (TPSA) is 241 Å². The van der Waals surface area contributed by atoms with Crippen molar-refractivity contribution in [3.63, 3.8) is 0 Å². The molecule has 6 aliphatic rings. The molecule has 0 spiro atoms. The Morgan fingerprint density at radius 3 is 0.346 bits per heavy atom. The van der Waals surface area contributed by atoms with Crippen LogP contribution in [0.3, 0.4) is 0 Å². The van der Waals surface area contributed by atoms with E-state index < -0.39 is 35.8 Å². The number of carboxylic acid groups (broad SMARTS) is 6. The summed E-state index contributed by atoms with van der Waals surface area (Å²) in [5.41, 5.74) is 0. The van der Waals surface area contributed by atoms with Crippen LogP contribution in [0.2, 0.25) is 0 Å². The number of unbranched alkanes of at least 4 members (excludes halogenated alkanes) is 54. The van der Waals surface area contributed by atoms with E-state index in [1.54, 1.807) is 0 Å². The van der Waals surface area contributed by atoms with Crippen molar-refractivity contribution >= 4 is 35.8 Å². The van der Waals surface area contributed by atoms with Crippen molar-refractivity contribution < 1.29 is 80.5 Å². The number of rotatable bonds is 72. The number of aliphatic carboxylic acids is 6. The second-order valence-corrected chi connectivity index (χ2v) is 42.1. The van der Waals surface area contributed by atoms with Gasteiger partial charge in [0, 0.05) is 35.8 Å². The summed E-state index contributed by atoms with van der Waals surface area (Å²) in [6.07, 6.45) is 114. The van der Waals surface area contributed by atoms with E-state index in [0.717, 1.165) is 116 Å². The van der Waals surface area contributed by atoms with Gasteiger partial charge in [0.1, 0.15) is 0 Å². The molecular weight excluding hydrogens is 1660 g/mol. The fraction of sp³-hybridized carbons (Fsp3) is 0.947. The van der Waals surface area contributed by atoms with E-state index in [0.29, 0.717) is 35.5 Å². The standard InChI is InChI=1S/6C19H36O2.Mo/c6*1-2-3-4-5-6-7-8-9-10-11-13-17-14-12-15-18(16-17)19(20)21;/h6*17-18H,2-16H2,1H3,(H,20,21);/q;;;;;;+6/p-6. The van der Waals surface area contributed by atoms with Crippen LogP contribution >= 0.6 is 0 Å². The first-order valence-electron chi connectivity index (χ1n) is 56.7. The van der Waals surface area contributed by atoms with Crippen LogP contribution in [0.4, 0.5) is 0 Å². The molecule has 0 radical (unpaired) electrons. The minimum absolute atomic E-state index is 0. The molecule has 0 aromatic carbocycles. The molecule has 6 rings (SSSR count). The number of carbonyl (C=O) groups is 6. The third-order valence-corrected chi connectivity index (χ3v) is 30.5. The van der Waals surface area contributed by atoms with Gasteiger partial charge in [-0.25, -0.2) is 0 Å². The normalized spacial score (nSPS) is 22.2. The molecule has 0 bridgehead atoms. The predicted octanol–water partition coefficient (Wildman–Crippen LogP) is 29.1. The SMILES string of the molecule is CCCCCCCCCCCCC1CCCC(C(=O)[O-])C1.CCCCCCCCCCCCC1CCCC(C(=O)[O-])C1.CCCCCCCCCCCCC1CCCC(C(=O)[O-])C1.CCCCCCCCCCCCC1CCCC(C(=O)[O-])C1.CCCCCCCCCCCCC1CCCC(C(=O)[O-])C1.CCCCCCCCCCCCC1CCCC(C(=O)[O-])C1.[Mo+6]. The fourth-order valence-electron chi connectivity index (χ4n) is 22.1. The molecule has 12 nitrogen and oxygen atoms in total. The van der Waals surface area contributed by atoms with E-state index in [9.17, 15) is 59.4 Å². The van der Waals surface area contributed by atoms with Crippen molar-refractivity contribution in [1.29, 1.82) is 0 Å². The van der Waals surface area contributed by atoms with Crippen molar-refractivity contribution in [3.05, 3.63) is 0 Å². The van der Waals surface area contributed by atoms with Gasteiger partial charge in [0.2, 0.25) is 0 Å². The zero-order valence-corrected chi connectivity index (χ0v) is 86.9. The summed E-state index contributed by atoms with van der Waals surface area (Å²) in [6.45, 7) is 13.6. The van der Waals surface area contributed by atoms with Crippen molar-refractivity contribution in [3.8, 4) is 0 Å². The first kappa shape index (κ1) is 125. The van der Waals surface area contributed by atoms with Gasteiger partial charge in [0.05, 0.1) is 0 Å². The largest absolute Gasteiger partial charge is 6.00 e. The van der Waals surface area contributed by atoms with Crippen LogP contribution in [0, 0.1) is 71.0 Å². The fourth-order valence-corrected chi connectivity index (χ4v) is 22.1. The molecule has 12 atom stereocenters. The summed E-state index contributed by atoms with van der Waals surface area (Å²) < 4.78 is 0. The Labute approximate surface area is 801 Å². The van der Waals surface area contributed by atoms with Gasteiger partial charge in [-0.3, -0.25) is 0 Å². The predicted molar refractivity (Wildman–Crippen MR) is 521 cm³/mol. The Kier molecular flexibility index (Phi) is 90.8. The van der Waals surface area contributed by atoms with Crippen molar-refractivity contribution in [2.45, 2.75) is 619 Å². The third-order valence-electron chi connectivity index (χ3n) is 30.5. The van der Waals surface area contributed by atoms with Gasteiger partial charge in [-0.05, 0) is 148 Å². The maximum Gasteiger partial charge on any atom is 6.00 e. The molecule has 0 saturated heterocycles. The molecule has 0 heterocycles. The monoisotopic (exact) mass is 1870 g/mol. The van der Waals surface area contributed by atoms with E-state index in [4.69, 9.17) is 0 Å². The average Bonchev–Trinajstić information content (AvgIpc) is 0.926. The summed E-state index contributed by atoms with van der Waals surface area (Å²) in [4.78, 5) is 65.6. The van der Waals surface area contributed by atoms with Crippen LogP contribution in [-0.4, -0.2) is 35.8 Å². The minimum atomic E-state index is -0.817. The van der Waals surface area contributed by atoms with Crippen molar-refractivity contribution in [1.82, 2.24) is 0 Å². The second-order valence-electron chi connectivity index (χ2n) is 42.1. The average molecular weight is 1870 g/mol. The first-order chi connectivity index (χ1) is 61.4. The van der Waals surface area contributed by atoms with E-state index in [1.165, 1.54) is 462 Å². The Hall–Kier alpha value is -2.49. The zero-order chi connectivity index (χ0) is 92.0. The number of carboxylic acids is 6. The molecule has 13 heteroatoms. The summed E-state index contributed by atoms with van der Waals surface area (Å²) in [5.74, 6) is -1.97. The number of hydrogen-bond acceptors (Lipinski definition) is 12. The minimum Gasteiger partial charge on any atom is -0.550 e. The third kappa shape index (κ3) is 77.4. The van der Waals surface area contributed by atoms with Gasteiger partial charge in [-0.1, -0.05) is 542 Å². The van der Waals surface area contributed by atoms with Crippen LogP contribution in [-0.2, 0) is 49.8 Å². The molecular formula is C114H210MoO12. The van der Waals surface area contributed by atoms with Crippen LogP contribution in [0.1, 0.15) is 619 Å². The molecule has 0 aliphatic heterocycles. The first-order valence-corrected chi connectivity index (χ1v) is 56.7. The number of hydrogen-bond donors (Lipinski definition) is 0. The molecule has 0 aromatic rings. The maximum atomic E-state index is 10.9. The van der Waals surface area contributed by atoms with Crippen LogP contribution in [0.25, 0.3) is 0 Å². The molecule has 744 valence electrons. The molecule has 0 aromatic heterocycles. The Morgan fingerprint density at radius 1 is 0.157 bits per heavy atom. The van der Waals surface area contributed by atoms with Gasteiger partial charge >= 0.3 is 21.1 Å². The molecule has 0 amide bonds. The van der Waals surface area contributed by atoms with E-state index in [1.807, 2.05) is 0 Å². The Morgan fingerprint density at radius 2 is 0.252 bits per heavy atom. The molecule has 6 aliphatic carbocycles. The van der Waals surface area contributed by atoms with E-state index >= 15 is 0 Å². The quantitative estimate of drug-likeness (QED) is 0.0408. The van der Waals surface area contributed by atoms with Gasteiger partial charge in [0.25, 0.3) is 0 Å². The maximum absolute atomic E-state index is 10.9.